The number of nitrogens with zero attached hydrogens (tertiary/aromatic N) is 1. The summed E-state index contributed by atoms with van der Waals surface area (Å²) >= 11 is 0. The highest BCUT2D eigenvalue weighted by Gasteiger charge is 2.29. The number of aryl methyl sites for hydroxylation is 1. The summed E-state index contributed by atoms with van der Waals surface area (Å²) in [6.07, 6.45) is 0.543. The Hall–Kier alpha value is -3.26. The van der Waals surface area contributed by atoms with E-state index in [1.54, 1.807) is 23.1 Å². The highest BCUT2D eigenvalue weighted by Crippen LogP contribution is 2.36. The average Bonchev–Trinajstić information content (AvgIpc) is 2.85. The van der Waals surface area contributed by atoms with Gasteiger partial charge in [0.15, 0.2) is 11.5 Å². The van der Waals surface area contributed by atoms with Crippen LogP contribution in [-0.2, 0) is 4.79 Å². The molecule has 2 aromatic rings. The first kappa shape index (κ1) is 24.4. The Balaban J connectivity index is 1.49. The molecule has 3 rings (SSSR count). The number of benzene rings is 2. The normalized spacial score (nSPS) is 16.6. The van der Waals surface area contributed by atoms with Crippen LogP contribution in [0, 0.1) is 12.8 Å². The first-order valence-electron chi connectivity index (χ1n) is 11.1. The van der Waals surface area contributed by atoms with Crippen molar-refractivity contribution in [2.75, 3.05) is 40.5 Å². The summed E-state index contributed by atoms with van der Waals surface area (Å²) in [6.45, 7) is 2.97. The molecule has 178 valence electrons. The molecule has 2 atom stereocenters. The number of hydrogen-bond donors (Lipinski definition) is 2. The summed E-state index contributed by atoms with van der Waals surface area (Å²) < 4.78 is 16.2. The monoisotopic (exact) mass is 456 g/mol. The number of carbonyl (C=O) groups excluding carboxylic acids is 2. The van der Waals surface area contributed by atoms with Gasteiger partial charge < -0.3 is 29.5 Å². The van der Waals surface area contributed by atoms with Gasteiger partial charge in [-0.15, -0.1) is 0 Å². The number of para-hydroxylation sites is 1. The lowest BCUT2D eigenvalue weighted by molar-refractivity contribution is -0.126. The Kier molecular flexibility index (Phi) is 8.54. The first-order valence-corrected chi connectivity index (χ1v) is 11.1. The Morgan fingerprint density at radius 1 is 1.12 bits per heavy atom. The van der Waals surface area contributed by atoms with E-state index in [4.69, 9.17) is 14.2 Å². The van der Waals surface area contributed by atoms with Crippen LogP contribution in [0.3, 0.4) is 0 Å². The van der Waals surface area contributed by atoms with E-state index < -0.39 is 6.10 Å². The highest BCUT2D eigenvalue weighted by molar-refractivity contribution is 5.94. The van der Waals surface area contributed by atoms with Gasteiger partial charge in [0, 0.05) is 25.2 Å². The maximum absolute atomic E-state index is 12.8. The van der Waals surface area contributed by atoms with Crippen molar-refractivity contribution in [2.24, 2.45) is 5.92 Å². The number of ether oxygens (including phenoxy) is 3. The largest absolute Gasteiger partial charge is 0.493 e. The first-order chi connectivity index (χ1) is 15.9. The van der Waals surface area contributed by atoms with Crippen LogP contribution in [0.2, 0.25) is 0 Å². The van der Waals surface area contributed by atoms with E-state index in [-0.39, 0.29) is 30.9 Å². The minimum absolute atomic E-state index is 0.0404. The predicted molar refractivity (Wildman–Crippen MR) is 124 cm³/mol. The molecule has 0 aromatic heterocycles. The maximum atomic E-state index is 12.8. The summed E-state index contributed by atoms with van der Waals surface area (Å²) in [6, 6.07) is 12.7. The number of nitrogens with one attached hydrogen (secondary N) is 1. The number of rotatable bonds is 9. The molecular formula is C25H32N2O6. The highest BCUT2D eigenvalue weighted by atomic mass is 16.5. The third-order valence-corrected chi connectivity index (χ3v) is 5.69. The lowest BCUT2D eigenvalue weighted by Crippen LogP contribution is -2.47. The fraction of sp³-hybridized carbons (Fsp3) is 0.440. The van der Waals surface area contributed by atoms with Crippen molar-refractivity contribution in [3.8, 4) is 17.2 Å². The summed E-state index contributed by atoms with van der Waals surface area (Å²) in [7, 11) is 3.05. The van der Waals surface area contributed by atoms with Crippen LogP contribution >= 0.6 is 0 Å². The Morgan fingerprint density at radius 2 is 1.79 bits per heavy atom. The van der Waals surface area contributed by atoms with E-state index in [0.29, 0.717) is 42.3 Å². The van der Waals surface area contributed by atoms with Gasteiger partial charge in [0.1, 0.15) is 12.7 Å². The fourth-order valence-electron chi connectivity index (χ4n) is 3.81. The van der Waals surface area contributed by atoms with Crippen LogP contribution in [0.5, 0.6) is 17.2 Å². The summed E-state index contributed by atoms with van der Waals surface area (Å²) in [5.41, 5.74) is 1.72. The third-order valence-electron chi connectivity index (χ3n) is 5.69. The molecular weight excluding hydrogens is 424 g/mol. The number of aliphatic hydroxyl groups is 1. The molecule has 1 aliphatic rings. The van der Waals surface area contributed by atoms with E-state index in [1.807, 2.05) is 31.2 Å². The topological polar surface area (TPSA) is 97.3 Å². The molecule has 0 spiro atoms. The SMILES string of the molecule is COc1cccc(OC)c1OCC(O)CNC(=O)C1CCCN(C(=O)c2ccc(C)cc2)C1. The van der Waals surface area contributed by atoms with Gasteiger partial charge in [0.05, 0.1) is 20.1 Å². The van der Waals surface area contributed by atoms with Crippen molar-refractivity contribution >= 4 is 11.8 Å². The summed E-state index contributed by atoms with van der Waals surface area (Å²) in [5, 5.41) is 13.1. The zero-order valence-electron chi connectivity index (χ0n) is 19.4. The molecule has 1 heterocycles. The molecule has 0 aliphatic carbocycles. The second-order valence-electron chi connectivity index (χ2n) is 8.16. The van der Waals surface area contributed by atoms with Gasteiger partial charge in [-0.05, 0) is 44.0 Å². The van der Waals surface area contributed by atoms with Gasteiger partial charge in [0.2, 0.25) is 11.7 Å². The zero-order chi connectivity index (χ0) is 23.8. The Morgan fingerprint density at radius 3 is 2.42 bits per heavy atom. The molecule has 0 saturated carbocycles. The second kappa shape index (κ2) is 11.6. The van der Waals surface area contributed by atoms with E-state index in [1.165, 1.54) is 14.2 Å². The van der Waals surface area contributed by atoms with E-state index >= 15 is 0 Å². The van der Waals surface area contributed by atoms with Gasteiger partial charge in [-0.2, -0.15) is 0 Å². The standard InChI is InChI=1S/C25H32N2O6/c1-17-9-11-18(12-10-17)25(30)27-13-5-6-19(15-27)24(29)26-14-20(28)16-33-23-21(31-2)7-4-8-22(23)32-3/h4,7-12,19-20,28H,5-6,13-16H2,1-3H3,(H,26,29). The van der Waals surface area contributed by atoms with Gasteiger partial charge >= 0.3 is 0 Å². The lowest BCUT2D eigenvalue weighted by Gasteiger charge is -2.32. The van der Waals surface area contributed by atoms with Gasteiger partial charge in [-0.1, -0.05) is 23.8 Å². The number of likely N-dealkylation sites (tertiary alicyclic amines) is 1. The third kappa shape index (κ3) is 6.38. The number of aliphatic hydroxyl groups excluding tert-OH is 1. The van der Waals surface area contributed by atoms with Crippen LogP contribution in [0.15, 0.2) is 42.5 Å². The molecule has 2 N–H and O–H groups in total. The number of carbonyl (C=O) groups is 2. The lowest BCUT2D eigenvalue weighted by atomic mass is 9.96. The fourth-order valence-corrected chi connectivity index (χ4v) is 3.81. The van der Waals surface area contributed by atoms with Crippen molar-refractivity contribution in [3.05, 3.63) is 53.6 Å². The van der Waals surface area contributed by atoms with E-state index in [9.17, 15) is 14.7 Å². The molecule has 8 heteroatoms. The van der Waals surface area contributed by atoms with Crippen LogP contribution in [0.25, 0.3) is 0 Å². The van der Waals surface area contributed by atoms with E-state index in [0.717, 1.165) is 12.0 Å². The quantitative estimate of drug-likeness (QED) is 0.602. The van der Waals surface area contributed by atoms with Crippen LogP contribution in [-0.4, -0.2) is 68.4 Å². The molecule has 2 amide bonds. The van der Waals surface area contributed by atoms with Crippen molar-refractivity contribution < 1.29 is 28.9 Å². The molecule has 1 fully saturated rings. The van der Waals surface area contributed by atoms with Crippen LogP contribution in [0.1, 0.15) is 28.8 Å². The van der Waals surface area contributed by atoms with Crippen molar-refractivity contribution in [1.82, 2.24) is 10.2 Å². The number of hydrogen-bond acceptors (Lipinski definition) is 6. The maximum Gasteiger partial charge on any atom is 0.253 e. The molecule has 2 aromatic carbocycles. The van der Waals surface area contributed by atoms with Gasteiger partial charge in [-0.3, -0.25) is 9.59 Å². The molecule has 8 nitrogen and oxygen atoms in total. The average molecular weight is 457 g/mol. The predicted octanol–water partition coefficient (Wildman–Crippen LogP) is 2.42. The van der Waals surface area contributed by atoms with Gasteiger partial charge in [0.25, 0.3) is 5.91 Å². The number of piperidine rings is 1. The van der Waals surface area contributed by atoms with Crippen LogP contribution < -0.4 is 19.5 Å². The Bertz CT molecular complexity index is 924. The molecule has 0 bridgehead atoms. The van der Waals surface area contributed by atoms with Gasteiger partial charge in [-0.25, -0.2) is 0 Å². The summed E-state index contributed by atoms with van der Waals surface area (Å²) in [5.74, 6) is 0.829. The zero-order valence-corrected chi connectivity index (χ0v) is 19.4. The smallest absolute Gasteiger partial charge is 0.253 e. The molecule has 1 saturated heterocycles. The molecule has 0 radical (unpaired) electrons. The Labute approximate surface area is 194 Å². The summed E-state index contributed by atoms with van der Waals surface area (Å²) in [4.78, 5) is 27.2. The number of amides is 2. The minimum Gasteiger partial charge on any atom is -0.493 e. The van der Waals surface area contributed by atoms with Crippen molar-refractivity contribution in [2.45, 2.75) is 25.9 Å². The second-order valence-corrected chi connectivity index (χ2v) is 8.16. The minimum atomic E-state index is -0.919. The molecule has 2 unspecified atom stereocenters. The molecule has 33 heavy (non-hydrogen) atoms. The number of methoxy groups -OCH3 is 2. The van der Waals surface area contributed by atoms with E-state index in [2.05, 4.69) is 5.32 Å². The van der Waals surface area contributed by atoms with Crippen molar-refractivity contribution in [1.29, 1.82) is 0 Å². The van der Waals surface area contributed by atoms with Crippen molar-refractivity contribution in [3.63, 3.8) is 0 Å². The van der Waals surface area contributed by atoms with Crippen LogP contribution in [0.4, 0.5) is 0 Å². The molecule has 1 aliphatic heterocycles.